The standard InChI is InChI=1S/C20H14Cl2FNO3/c21-16-2-4-19(27-11-13-1-3-17(23)8-18(13)22)14(7-16)5-12-6-15(20(25)26)10-24-9-12/h1-4,6-10H,5,11H2,(H,25,26). The molecule has 0 spiro atoms. The zero-order chi connectivity index (χ0) is 19.4. The second-order valence-electron chi connectivity index (χ2n) is 5.84. The highest BCUT2D eigenvalue weighted by atomic mass is 35.5. The lowest BCUT2D eigenvalue weighted by atomic mass is 10.0. The van der Waals surface area contributed by atoms with Crippen LogP contribution in [0.3, 0.4) is 0 Å². The van der Waals surface area contributed by atoms with Crippen molar-refractivity contribution in [2.75, 3.05) is 0 Å². The van der Waals surface area contributed by atoms with E-state index in [0.29, 0.717) is 28.3 Å². The molecule has 4 nitrogen and oxygen atoms in total. The van der Waals surface area contributed by atoms with E-state index < -0.39 is 11.8 Å². The van der Waals surface area contributed by atoms with Crippen molar-refractivity contribution in [2.24, 2.45) is 0 Å². The first-order valence-electron chi connectivity index (χ1n) is 7.95. The number of halogens is 3. The van der Waals surface area contributed by atoms with E-state index in [1.54, 1.807) is 36.5 Å². The van der Waals surface area contributed by atoms with Gasteiger partial charge in [0.15, 0.2) is 0 Å². The summed E-state index contributed by atoms with van der Waals surface area (Å²) in [6, 6.07) is 10.8. The third kappa shape index (κ3) is 4.96. The zero-order valence-electron chi connectivity index (χ0n) is 14.0. The van der Waals surface area contributed by atoms with Gasteiger partial charge in [-0.3, -0.25) is 4.98 Å². The number of ether oxygens (including phenoxy) is 1. The summed E-state index contributed by atoms with van der Waals surface area (Å²) in [6.45, 7) is 0.154. The van der Waals surface area contributed by atoms with E-state index in [4.69, 9.17) is 33.0 Å². The molecule has 0 bridgehead atoms. The number of carboxylic acids is 1. The molecular weight excluding hydrogens is 392 g/mol. The van der Waals surface area contributed by atoms with Crippen LogP contribution >= 0.6 is 23.2 Å². The predicted octanol–water partition coefficient (Wildman–Crippen LogP) is 5.40. The number of pyridine rings is 1. The van der Waals surface area contributed by atoms with Gasteiger partial charge in [0.1, 0.15) is 18.2 Å². The first kappa shape index (κ1) is 19.1. The molecule has 0 unspecified atom stereocenters. The van der Waals surface area contributed by atoms with E-state index in [1.807, 2.05) is 0 Å². The second-order valence-corrected chi connectivity index (χ2v) is 6.68. The lowest BCUT2D eigenvalue weighted by Gasteiger charge is -2.13. The Morgan fingerprint density at radius 1 is 1.07 bits per heavy atom. The van der Waals surface area contributed by atoms with E-state index in [1.165, 1.54) is 18.3 Å². The summed E-state index contributed by atoms with van der Waals surface area (Å²) in [5.74, 6) is -0.889. The van der Waals surface area contributed by atoms with E-state index in [2.05, 4.69) is 4.98 Å². The van der Waals surface area contributed by atoms with Crippen LogP contribution in [0.5, 0.6) is 5.75 Å². The minimum absolute atomic E-state index is 0.107. The quantitative estimate of drug-likeness (QED) is 0.596. The fraction of sp³-hybridized carbons (Fsp3) is 0.100. The Bertz CT molecular complexity index is 995. The van der Waals surface area contributed by atoms with Gasteiger partial charge in [0.25, 0.3) is 0 Å². The molecule has 27 heavy (non-hydrogen) atoms. The minimum atomic E-state index is -1.04. The second kappa shape index (κ2) is 8.37. The molecule has 1 N–H and O–H groups in total. The Kier molecular flexibility index (Phi) is 5.94. The Morgan fingerprint density at radius 3 is 2.63 bits per heavy atom. The Hall–Kier alpha value is -2.63. The van der Waals surface area contributed by atoms with Gasteiger partial charge in [-0.15, -0.1) is 0 Å². The molecule has 1 heterocycles. The van der Waals surface area contributed by atoms with Crippen LogP contribution in [0, 0.1) is 5.82 Å². The van der Waals surface area contributed by atoms with E-state index in [-0.39, 0.29) is 17.2 Å². The number of hydrogen-bond acceptors (Lipinski definition) is 3. The maximum absolute atomic E-state index is 13.2. The van der Waals surface area contributed by atoms with Gasteiger partial charge in [-0.2, -0.15) is 0 Å². The molecule has 0 aliphatic rings. The van der Waals surface area contributed by atoms with Crippen LogP contribution in [0.1, 0.15) is 27.0 Å². The molecule has 0 fully saturated rings. The number of carboxylic acid groups (broad SMARTS) is 1. The van der Waals surface area contributed by atoms with Crippen molar-refractivity contribution in [3.63, 3.8) is 0 Å². The molecule has 2 aromatic carbocycles. The maximum Gasteiger partial charge on any atom is 0.337 e. The smallest absolute Gasteiger partial charge is 0.337 e. The van der Waals surface area contributed by atoms with Gasteiger partial charge in [0, 0.05) is 35.0 Å². The van der Waals surface area contributed by atoms with Crippen molar-refractivity contribution in [2.45, 2.75) is 13.0 Å². The topological polar surface area (TPSA) is 59.4 Å². The van der Waals surface area contributed by atoms with Gasteiger partial charge < -0.3 is 9.84 Å². The molecule has 7 heteroatoms. The third-order valence-corrected chi connectivity index (χ3v) is 4.44. The van der Waals surface area contributed by atoms with Gasteiger partial charge in [0.05, 0.1) is 10.6 Å². The molecule has 0 amide bonds. The van der Waals surface area contributed by atoms with Crippen molar-refractivity contribution >= 4 is 29.2 Å². The van der Waals surface area contributed by atoms with Crippen LogP contribution in [0.2, 0.25) is 10.0 Å². The van der Waals surface area contributed by atoms with Crippen molar-refractivity contribution < 1.29 is 19.0 Å². The van der Waals surface area contributed by atoms with Gasteiger partial charge in [0.2, 0.25) is 0 Å². The number of hydrogen-bond donors (Lipinski definition) is 1. The van der Waals surface area contributed by atoms with E-state index in [9.17, 15) is 9.18 Å². The average molecular weight is 406 g/mol. The highest BCUT2D eigenvalue weighted by molar-refractivity contribution is 6.31. The summed E-state index contributed by atoms with van der Waals surface area (Å²) in [7, 11) is 0. The first-order chi connectivity index (χ1) is 12.9. The Morgan fingerprint density at radius 2 is 1.89 bits per heavy atom. The van der Waals surface area contributed by atoms with Crippen LogP contribution in [-0.4, -0.2) is 16.1 Å². The molecule has 3 aromatic rings. The molecule has 0 aliphatic carbocycles. The van der Waals surface area contributed by atoms with Crippen molar-refractivity contribution in [1.82, 2.24) is 4.98 Å². The average Bonchev–Trinajstić information content (AvgIpc) is 2.62. The van der Waals surface area contributed by atoms with Crippen molar-refractivity contribution in [1.29, 1.82) is 0 Å². The fourth-order valence-electron chi connectivity index (χ4n) is 2.54. The molecule has 138 valence electrons. The Balaban J connectivity index is 1.82. The molecule has 0 atom stereocenters. The highest BCUT2D eigenvalue weighted by Gasteiger charge is 2.11. The molecular formula is C20H14Cl2FNO3. The van der Waals surface area contributed by atoms with Crippen LogP contribution in [0.25, 0.3) is 0 Å². The summed E-state index contributed by atoms with van der Waals surface area (Å²) in [5.41, 5.74) is 2.23. The van der Waals surface area contributed by atoms with Crippen LogP contribution < -0.4 is 4.74 Å². The number of carbonyl (C=O) groups is 1. The van der Waals surface area contributed by atoms with E-state index >= 15 is 0 Å². The fourth-order valence-corrected chi connectivity index (χ4v) is 2.96. The molecule has 3 rings (SSSR count). The summed E-state index contributed by atoms with van der Waals surface area (Å²) < 4.78 is 19.0. The van der Waals surface area contributed by atoms with Crippen LogP contribution in [0.4, 0.5) is 4.39 Å². The molecule has 1 aromatic heterocycles. The zero-order valence-corrected chi connectivity index (χ0v) is 15.5. The van der Waals surface area contributed by atoms with Crippen molar-refractivity contribution in [3.05, 3.63) is 93.0 Å². The lowest BCUT2D eigenvalue weighted by molar-refractivity contribution is 0.0696. The molecule has 0 saturated carbocycles. The van der Waals surface area contributed by atoms with Gasteiger partial charge in [-0.1, -0.05) is 29.3 Å². The van der Waals surface area contributed by atoms with Gasteiger partial charge in [-0.05, 0) is 42.0 Å². The maximum atomic E-state index is 13.2. The first-order valence-corrected chi connectivity index (χ1v) is 8.70. The number of aromatic carboxylic acids is 1. The summed E-state index contributed by atoms with van der Waals surface area (Å²) in [4.78, 5) is 15.1. The van der Waals surface area contributed by atoms with Gasteiger partial charge in [-0.25, -0.2) is 9.18 Å². The molecule has 0 radical (unpaired) electrons. The van der Waals surface area contributed by atoms with Crippen molar-refractivity contribution in [3.8, 4) is 5.75 Å². The number of aromatic nitrogens is 1. The number of benzene rings is 2. The summed E-state index contributed by atoms with van der Waals surface area (Å²) in [5, 5.41) is 9.91. The normalized spacial score (nSPS) is 10.6. The monoisotopic (exact) mass is 405 g/mol. The Labute approximate surface area is 165 Å². The highest BCUT2D eigenvalue weighted by Crippen LogP contribution is 2.27. The predicted molar refractivity (Wildman–Crippen MR) is 101 cm³/mol. The summed E-state index contributed by atoms with van der Waals surface area (Å²) in [6.07, 6.45) is 3.27. The minimum Gasteiger partial charge on any atom is -0.489 e. The van der Waals surface area contributed by atoms with Gasteiger partial charge >= 0.3 is 5.97 Å². The van der Waals surface area contributed by atoms with Crippen LogP contribution in [0.15, 0.2) is 54.9 Å². The molecule has 0 aliphatic heterocycles. The third-order valence-electron chi connectivity index (χ3n) is 3.86. The molecule has 0 saturated heterocycles. The number of nitrogens with zero attached hydrogens (tertiary/aromatic N) is 1. The largest absolute Gasteiger partial charge is 0.489 e. The summed E-state index contributed by atoms with van der Waals surface area (Å²) >= 11 is 12.1. The van der Waals surface area contributed by atoms with Crippen LogP contribution in [-0.2, 0) is 13.0 Å². The number of rotatable bonds is 6. The SMILES string of the molecule is O=C(O)c1cncc(Cc2cc(Cl)ccc2OCc2ccc(F)cc2Cl)c1. The lowest BCUT2D eigenvalue weighted by Crippen LogP contribution is -2.02. The van der Waals surface area contributed by atoms with E-state index in [0.717, 1.165) is 5.56 Å².